The molecule has 0 saturated carbocycles. The van der Waals surface area contributed by atoms with Gasteiger partial charge in [0.2, 0.25) is 5.91 Å². The average Bonchev–Trinajstić information content (AvgIpc) is 2.87. The Morgan fingerprint density at radius 2 is 2.56 bits per heavy atom. The summed E-state index contributed by atoms with van der Waals surface area (Å²) < 4.78 is 1.06. The largest absolute Gasteiger partial charge is 0.355 e. The lowest BCUT2D eigenvalue weighted by Crippen LogP contribution is -2.31. The molecule has 3 nitrogen and oxygen atoms in total. The Hall–Kier alpha value is -0.390. The maximum atomic E-state index is 11.6. The lowest BCUT2D eigenvalue weighted by molar-refractivity contribution is -0.120. The zero-order valence-electron chi connectivity index (χ0n) is 8.96. The summed E-state index contributed by atoms with van der Waals surface area (Å²) in [6.07, 6.45) is 1.67. The molecule has 88 valence electrons. The molecule has 0 spiro atoms. The van der Waals surface area contributed by atoms with E-state index in [1.165, 1.54) is 6.42 Å². The molecule has 0 radical (unpaired) electrons. The zero-order chi connectivity index (χ0) is 11.4. The minimum atomic E-state index is 0.126. The summed E-state index contributed by atoms with van der Waals surface area (Å²) >= 11 is 5.00. The van der Waals surface area contributed by atoms with Crippen LogP contribution < -0.4 is 10.6 Å². The molecule has 1 aromatic heterocycles. The molecule has 0 aromatic carbocycles. The number of halogens is 1. The lowest BCUT2D eigenvalue weighted by atomic mass is 10.1. The van der Waals surface area contributed by atoms with E-state index in [0.717, 1.165) is 29.0 Å². The number of hydrogen-bond donors (Lipinski definition) is 2. The van der Waals surface area contributed by atoms with Crippen molar-refractivity contribution < 1.29 is 4.79 Å². The first-order valence-corrected chi connectivity index (χ1v) is 7.11. The first-order valence-electron chi connectivity index (χ1n) is 5.44. The maximum absolute atomic E-state index is 11.6. The van der Waals surface area contributed by atoms with Gasteiger partial charge in [-0.3, -0.25) is 4.79 Å². The molecule has 1 amide bonds. The molecule has 1 atom stereocenters. The molecule has 1 fully saturated rings. The van der Waals surface area contributed by atoms with Gasteiger partial charge in [-0.2, -0.15) is 0 Å². The van der Waals surface area contributed by atoms with Crippen LogP contribution in [0.5, 0.6) is 0 Å². The number of carbonyl (C=O) groups is 1. The third-order valence-corrected chi connectivity index (χ3v) is 4.40. The van der Waals surface area contributed by atoms with Crippen LogP contribution in [0.25, 0.3) is 0 Å². The van der Waals surface area contributed by atoms with Crippen LogP contribution in [0.3, 0.4) is 0 Å². The third kappa shape index (κ3) is 3.57. The van der Waals surface area contributed by atoms with E-state index in [1.54, 1.807) is 11.3 Å². The van der Waals surface area contributed by atoms with Crippen molar-refractivity contribution in [2.75, 3.05) is 19.6 Å². The zero-order valence-corrected chi connectivity index (χ0v) is 11.4. The van der Waals surface area contributed by atoms with E-state index in [0.29, 0.717) is 12.3 Å². The summed E-state index contributed by atoms with van der Waals surface area (Å²) in [5.74, 6) is 0.736. The minimum Gasteiger partial charge on any atom is -0.355 e. The van der Waals surface area contributed by atoms with Gasteiger partial charge in [0, 0.05) is 21.3 Å². The molecule has 1 aliphatic heterocycles. The number of rotatable bonds is 4. The summed E-state index contributed by atoms with van der Waals surface area (Å²) in [5.41, 5.74) is 0. The molecular formula is C11H15BrN2OS. The molecule has 16 heavy (non-hydrogen) atoms. The number of amides is 1. The van der Waals surface area contributed by atoms with Gasteiger partial charge in [0.05, 0.1) is 6.42 Å². The molecule has 2 rings (SSSR count). The smallest absolute Gasteiger partial charge is 0.225 e. The normalized spacial score (nSPS) is 19.9. The quantitative estimate of drug-likeness (QED) is 0.890. The van der Waals surface area contributed by atoms with Crippen LogP contribution in [0.1, 0.15) is 11.3 Å². The molecule has 2 N–H and O–H groups in total. The highest BCUT2D eigenvalue weighted by Gasteiger charge is 2.15. The fourth-order valence-corrected chi connectivity index (χ4v) is 3.26. The second-order valence-electron chi connectivity index (χ2n) is 4.07. The lowest BCUT2D eigenvalue weighted by Gasteiger charge is -2.09. The van der Waals surface area contributed by atoms with Crippen LogP contribution in [-0.2, 0) is 11.2 Å². The first-order chi connectivity index (χ1) is 7.74. The van der Waals surface area contributed by atoms with Crippen LogP contribution in [0.4, 0.5) is 0 Å². The van der Waals surface area contributed by atoms with Crippen molar-refractivity contribution in [3.8, 4) is 0 Å². The summed E-state index contributed by atoms with van der Waals surface area (Å²) in [5, 5.41) is 8.29. The standard InChI is InChI=1S/C11H15BrN2OS/c12-9-3-10(16-7-9)4-11(15)14-6-8-1-2-13-5-8/h3,7-8,13H,1-2,4-6H2,(H,14,15). The topological polar surface area (TPSA) is 41.1 Å². The van der Waals surface area contributed by atoms with E-state index in [2.05, 4.69) is 26.6 Å². The SMILES string of the molecule is O=C(Cc1cc(Br)cs1)NCC1CCNC1. The molecule has 1 saturated heterocycles. The van der Waals surface area contributed by atoms with Gasteiger partial charge in [-0.25, -0.2) is 0 Å². The molecule has 1 aromatic rings. The molecule has 5 heteroatoms. The Kier molecular flexibility index (Phi) is 4.37. The van der Waals surface area contributed by atoms with Crippen LogP contribution in [0, 0.1) is 5.92 Å². The average molecular weight is 303 g/mol. The van der Waals surface area contributed by atoms with Crippen molar-refractivity contribution in [3.05, 3.63) is 20.8 Å². The van der Waals surface area contributed by atoms with E-state index in [4.69, 9.17) is 0 Å². The van der Waals surface area contributed by atoms with Crippen LogP contribution in [0.2, 0.25) is 0 Å². The second-order valence-corrected chi connectivity index (χ2v) is 5.98. The summed E-state index contributed by atoms with van der Waals surface area (Å²) in [7, 11) is 0. The Morgan fingerprint density at radius 3 is 3.19 bits per heavy atom. The Bertz CT molecular complexity index is 361. The molecule has 0 bridgehead atoms. The van der Waals surface area contributed by atoms with Gasteiger partial charge < -0.3 is 10.6 Å². The van der Waals surface area contributed by atoms with Crippen molar-refractivity contribution in [1.82, 2.24) is 10.6 Å². The Labute approximate surface area is 108 Å². The van der Waals surface area contributed by atoms with Crippen molar-refractivity contribution >= 4 is 33.2 Å². The predicted octanol–water partition coefficient (Wildman–Crippen LogP) is 1.78. The summed E-state index contributed by atoms with van der Waals surface area (Å²) in [6, 6.07) is 2.00. The molecule has 1 aliphatic rings. The predicted molar refractivity (Wildman–Crippen MR) is 69.7 cm³/mol. The van der Waals surface area contributed by atoms with E-state index < -0.39 is 0 Å². The van der Waals surface area contributed by atoms with Crippen LogP contribution in [-0.4, -0.2) is 25.5 Å². The minimum absolute atomic E-state index is 0.126. The van der Waals surface area contributed by atoms with E-state index in [1.807, 2.05) is 11.4 Å². The van der Waals surface area contributed by atoms with Gasteiger partial charge in [-0.1, -0.05) is 0 Å². The molecule has 0 aliphatic carbocycles. The monoisotopic (exact) mass is 302 g/mol. The third-order valence-electron chi connectivity index (χ3n) is 2.71. The molecular weight excluding hydrogens is 288 g/mol. The van der Waals surface area contributed by atoms with Crippen molar-refractivity contribution in [3.63, 3.8) is 0 Å². The summed E-state index contributed by atoms with van der Waals surface area (Å²) in [4.78, 5) is 12.7. The van der Waals surface area contributed by atoms with Crippen molar-refractivity contribution in [2.45, 2.75) is 12.8 Å². The highest BCUT2D eigenvalue weighted by Crippen LogP contribution is 2.20. The molecule has 2 heterocycles. The second kappa shape index (κ2) is 5.80. The first kappa shape index (κ1) is 12.1. The number of hydrogen-bond acceptors (Lipinski definition) is 3. The van der Waals surface area contributed by atoms with E-state index >= 15 is 0 Å². The van der Waals surface area contributed by atoms with Gasteiger partial charge in [0.1, 0.15) is 0 Å². The van der Waals surface area contributed by atoms with Crippen LogP contribution in [0.15, 0.2) is 15.9 Å². The van der Waals surface area contributed by atoms with Gasteiger partial charge in [0.25, 0.3) is 0 Å². The number of nitrogens with one attached hydrogen (secondary N) is 2. The maximum Gasteiger partial charge on any atom is 0.225 e. The number of carbonyl (C=O) groups excluding carboxylic acids is 1. The van der Waals surface area contributed by atoms with E-state index in [9.17, 15) is 4.79 Å². The van der Waals surface area contributed by atoms with Gasteiger partial charge in [-0.15, -0.1) is 11.3 Å². The Balaban J connectivity index is 1.71. The van der Waals surface area contributed by atoms with Gasteiger partial charge in [-0.05, 0) is 47.4 Å². The number of thiophene rings is 1. The van der Waals surface area contributed by atoms with Crippen molar-refractivity contribution in [1.29, 1.82) is 0 Å². The molecule has 1 unspecified atom stereocenters. The highest BCUT2D eigenvalue weighted by atomic mass is 79.9. The van der Waals surface area contributed by atoms with Gasteiger partial charge in [0.15, 0.2) is 0 Å². The fourth-order valence-electron chi connectivity index (χ4n) is 1.81. The van der Waals surface area contributed by atoms with Gasteiger partial charge >= 0.3 is 0 Å². The highest BCUT2D eigenvalue weighted by molar-refractivity contribution is 9.10. The Morgan fingerprint density at radius 1 is 1.69 bits per heavy atom. The van der Waals surface area contributed by atoms with Crippen molar-refractivity contribution in [2.24, 2.45) is 5.92 Å². The summed E-state index contributed by atoms with van der Waals surface area (Å²) in [6.45, 7) is 2.92. The van der Waals surface area contributed by atoms with E-state index in [-0.39, 0.29) is 5.91 Å². The van der Waals surface area contributed by atoms with Crippen LogP contribution >= 0.6 is 27.3 Å². The fraction of sp³-hybridized carbons (Fsp3) is 0.545.